The molecule has 122 valence electrons. The zero-order chi connectivity index (χ0) is 17.0. The van der Waals surface area contributed by atoms with Crippen LogP contribution in [0.25, 0.3) is 0 Å². The molecule has 0 aliphatic carbocycles. The van der Waals surface area contributed by atoms with Gasteiger partial charge in [-0.05, 0) is 30.3 Å². The van der Waals surface area contributed by atoms with E-state index in [1.807, 2.05) is 6.07 Å². The van der Waals surface area contributed by atoms with Crippen LogP contribution in [0.1, 0.15) is 15.2 Å². The number of hydrogen-bond donors (Lipinski definition) is 0. The molecule has 0 aliphatic rings. The third-order valence-corrected chi connectivity index (χ3v) is 4.45. The maximum atomic E-state index is 12.9. The van der Waals surface area contributed by atoms with Gasteiger partial charge in [-0.25, -0.2) is 9.18 Å². The Labute approximate surface area is 146 Å². The molecule has 0 N–H and O–H groups in total. The Hall–Kier alpha value is -1.63. The normalized spacial score (nSPS) is 10.4. The number of halogens is 3. The van der Waals surface area contributed by atoms with E-state index < -0.39 is 18.4 Å². The summed E-state index contributed by atoms with van der Waals surface area (Å²) in [5.41, 5.74) is 0.00792. The van der Waals surface area contributed by atoms with Crippen LogP contribution in [0.15, 0.2) is 30.3 Å². The average molecular weight is 376 g/mol. The Morgan fingerprint density at radius 3 is 2.61 bits per heavy atom. The van der Waals surface area contributed by atoms with E-state index >= 15 is 0 Å². The number of carbonyl (C=O) groups excluding carboxylic acids is 2. The van der Waals surface area contributed by atoms with Crippen molar-refractivity contribution in [1.29, 1.82) is 0 Å². The van der Waals surface area contributed by atoms with Crippen molar-refractivity contribution in [3.63, 3.8) is 0 Å². The predicted octanol–water partition coefficient (Wildman–Crippen LogP) is 4.01. The molecule has 0 spiro atoms. The number of ether oxygens (including phenoxy) is 1. The van der Waals surface area contributed by atoms with Gasteiger partial charge in [-0.1, -0.05) is 23.2 Å². The van der Waals surface area contributed by atoms with E-state index in [4.69, 9.17) is 27.9 Å². The van der Waals surface area contributed by atoms with Crippen molar-refractivity contribution in [1.82, 2.24) is 4.90 Å². The Kier molecular flexibility index (Phi) is 5.98. The number of esters is 1. The van der Waals surface area contributed by atoms with Crippen molar-refractivity contribution in [2.75, 3.05) is 13.7 Å². The van der Waals surface area contributed by atoms with Crippen LogP contribution in [0.5, 0.6) is 0 Å². The van der Waals surface area contributed by atoms with Gasteiger partial charge in [0, 0.05) is 11.9 Å². The molecule has 1 heterocycles. The van der Waals surface area contributed by atoms with Gasteiger partial charge in [-0.3, -0.25) is 4.79 Å². The minimum absolute atomic E-state index is 0.00792. The number of benzene rings is 1. The highest BCUT2D eigenvalue weighted by atomic mass is 35.5. The topological polar surface area (TPSA) is 46.6 Å². The van der Waals surface area contributed by atoms with E-state index in [1.54, 1.807) is 13.1 Å². The van der Waals surface area contributed by atoms with Gasteiger partial charge in [0.1, 0.15) is 5.82 Å². The van der Waals surface area contributed by atoms with Crippen LogP contribution in [0.4, 0.5) is 4.39 Å². The first-order valence-corrected chi connectivity index (χ1v) is 8.04. The number of rotatable bonds is 5. The maximum Gasteiger partial charge on any atom is 0.340 e. The number of carbonyl (C=O) groups is 2. The van der Waals surface area contributed by atoms with Crippen LogP contribution in [-0.4, -0.2) is 30.4 Å². The summed E-state index contributed by atoms with van der Waals surface area (Å²) in [4.78, 5) is 26.1. The molecule has 8 heteroatoms. The first-order chi connectivity index (χ1) is 10.9. The van der Waals surface area contributed by atoms with Gasteiger partial charge < -0.3 is 9.64 Å². The molecule has 1 aromatic carbocycles. The Bertz CT molecular complexity index is 735. The molecule has 0 bridgehead atoms. The number of hydrogen-bond acceptors (Lipinski definition) is 4. The smallest absolute Gasteiger partial charge is 0.340 e. The van der Waals surface area contributed by atoms with Gasteiger partial charge in [0.15, 0.2) is 6.61 Å². The molecule has 2 rings (SSSR count). The number of amides is 1. The first-order valence-electron chi connectivity index (χ1n) is 6.47. The molecule has 4 nitrogen and oxygen atoms in total. The van der Waals surface area contributed by atoms with Crippen molar-refractivity contribution in [3.05, 3.63) is 55.9 Å². The fourth-order valence-corrected chi connectivity index (χ4v) is 3.11. The highest BCUT2D eigenvalue weighted by Gasteiger charge is 2.16. The van der Waals surface area contributed by atoms with Gasteiger partial charge in [0.05, 0.1) is 21.5 Å². The standard InChI is InChI=1S/C15H12Cl2FNO3S/c1-19(7-10-3-5-13(17)23-10)14(20)8-22-15(21)11-4-2-9(18)6-12(11)16/h2-6H,7-8H2,1H3. The molecule has 0 fully saturated rings. The van der Waals surface area contributed by atoms with Crippen molar-refractivity contribution in [2.24, 2.45) is 0 Å². The van der Waals surface area contributed by atoms with Crippen LogP contribution in [0.3, 0.4) is 0 Å². The first kappa shape index (κ1) is 17.7. The van der Waals surface area contributed by atoms with Crippen LogP contribution < -0.4 is 0 Å². The van der Waals surface area contributed by atoms with E-state index in [9.17, 15) is 14.0 Å². The third kappa shape index (κ3) is 4.92. The van der Waals surface area contributed by atoms with E-state index in [-0.39, 0.29) is 16.5 Å². The zero-order valence-corrected chi connectivity index (χ0v) is 14.3. The largest absolute Gasteiger partial charge is 0.452 e. The fourth-order valence-electron chi connectivity index (χ4n) is 1.73. The lowest BCUT2D eigenvalue weighted by atomic mass is 10.2. The molecule has 0 atom stereocenters. The molecule has 0 radical (unpaired) electrons. The summed E-state index contributed by atoms with van der Waals surface area (Å²) >= 11 is 13.0. The molecular formula is C15H12Cl2FNO3S. The second-order valence-corrected chi connectivity index (χ2v) is 6.86. The monoisotopic (exact) mass is 375 g/mol. The van der Waals surface area contributed by atoms with Gasteiger partial charge >= 0.3 is 5.97 Å². The van der Waals surface area contributed by atoms with Crippen molar-refractivity contribution in [3.8, 4) is 0 Å². The highest BCUT2D eigenvalue weighted by Crippen LogP contribution is 2.22. The summed E-state index contributed by atoms with van der Waals surface area (Å²) in [5, 5.41) is -0.0657. The van der Waals surface area contributed by atoms with Crippen molar-refractivity contribution >= 4 is 46.4 Å². The average Bonchev–Trinajstić information content (AvgIpc) is 2.89. The Balaban J connectivity index is 1.89. The molecular weight excluding hydrogens is 364 g/mol. The van der Waals surface area contributed by atoms with Gasteiger partial charge in [-0.2, -0.15) is 0 Å². The van der Waals surface area contributed by atoms with Crippen molar-refractivity contribution < 1.29 is 18.7 Å². The van der Waals surface area contributed by atoms with Gasteiger partial charge in [0.2, 0.25) is 0 Å². The van der Waals surface area contributed by atoms with Crippen LogP contribution >= 0.6 is 34.5 Å². The summed E-state index contributed by atoms with van der Waals surface area (Å²) in [7, 11) is 1.59. The lowest BCUT2D eigenvalue weighted by Crippen LogP contribution is -2.30. The molecule has 23 heavy (non-hydrogen) atoms. The second-order valence-electron chi connectivity index (χ2n) is 4.66. The number of nitrogens with zero attached hydrogens (tertiary/aromatic N) is 1. The molecule has 0 aliphatic heterocycles. The van der Waals surface area contributed by atoms with E-state index in [2.05, 4.69) is 0 Å². The SMILES string of the molecule is CN(Cc1ccc(Cl)s1)C(=O)COC(=O)c1ccc(F)cc1Cl. The summed E-state index contributed by atoms with van der Waals surface area (Å²) in [6.45, 7) is -0.0623. The summed E-state index contributed by atoms with van der Waals surface area (Å²) in [6.07, 6.45) is 0. The summed E-state index contributed by atoms with van der Waals surface area (Å²) in [5.74, 6) is -1.71. The van der Waals surface area contributed by atoms with E-state index in [0.717, 1.165) is 17.0 Å². The molecule has 0 saturated heterocycles. The molecule has 1 amide bonds. The lowest BCUT2D eigenvalue weighted by molar-refractivity contribution is -0.133. The lowest BCUT2D eigenvalue weighted by Gasteiger charge is -2.16. The van der Waals surface area contributed by atoms with Crippen molar-refractivity contribution in [2.45, 2.75) is 6.54 Å². The zero-order valence-electron chi connectivity index (χ0n) is 12.0. The quantitative estimate of drug-likeness (QED) is 0.741. The fraction of sp³-hybridized carbons (Fsp3) is 0.200. The molecule has 2 aromatic rings. The maximum absolute atomic E-state index is 12.9. The number of likely N-dealkylation sites (N-methyl/N-ethyl adjacent to an activating group) is 1. The predicted molar refractivity (Wildman–Crippen MR) is 87.5 cm³/mol. The van der Waals surface area contributed by atoms with Crippen LogP contribution in [0.2, 0.25) is 9.36 Å². The molecule has 1 aromatic heterocycles. The van der Waals surface area contributed by atoms with Gasteiger partial charge in [-0.15, -0.1) is 11.3 Å². The highest BCUT2D eigenvalue weighted by molar-refractivity contribution is 7.16. The Morgan fingerprint density at radius 2 is 2.00 bits per heavy atom. The minimum Gasteiger partial charge on any atom is -0.452 e. The third-order valence-electron chi connectivity index (χ3n) is 2.93. The van der Waals surface area contributed by atoms with Crippen LogP contribution in [0, 0.1) is 5.82 Å². The van der Waals surface area contributed by atoms with Gasteiger partial charge in [0.25, 0.3) is 5.91 Å². The van der Waals surface area contributed by atoms with E-state index in [0.29, 0.717) is 10.9 Å². The second kappa shape index (κ2) is 7.77. The summed E-state index contributed by atoms with van der Waals surface area (Å²) in [6, 6.07) is 6.88. The van der Waals surface area contributed by atoms with E-state index in [1.165, 1.54) is 22.3 Å². The molecule has 0 unspecified atom stereocenters. The Morgan fingerprint density at radius 1 is 1.26 bits per heavy atom. The number of thiophene rings is 1. The van der Waals surface area contributed by atoms with Crippen LogP contribution in [-0.2, 0) is 16.1 Å². The molecule has 0 saturated carbocycles. The summed E-state index contributed by atoms with van der Waals surface area (Å²) < 4.78 is 18.5. The minimum atomic E-state index is -0.782.